The molecule has 1 unspecified atom stereocenters. The van der Waals surface area contributed by atoms with Gasteiger partial charge in [-0.1, -0.05) is 17.7 Å². The molecule has 19 heavy (non-hydrogen) atoms. The summed E-state index contributed by atoms with van der Waals surface area (Å²) in [4.78, 5) is 11.5. The van der Waals surface area contributed by atoms with Gasteiger partial charge in [-0.3, -0.25) is 0 Å². The van der Waals surface area contributed by atoms with Crippen LogP contribution in [-0.4, -0.2) is 32.0 Å². The fourth-order valence-corrected chi connectivity index (χ4v) is 1.89. The summed E-state index contributed by atoms with van der Waals surface area (Å²) in [6, 6.07) is 7.45. The maximum absolute atomic E-state index is 11.5. The molecule has 1 aromatic rings. The highest BCUT2D eigenvalue weighted by molar-refractivity contribution is 5.73. The molecule has 5 nitrogen and oxygen atoms in total. The van der Waals surface area contributed by atoms with Gasteiger partial charge >= 0.3 is 6.03 Å². The number of urea groups is 1. The molecule has 1 aliphatic rings. The molecule has 1 heterocycles. The first kappa shape index (κ1) is 13.7. The summed E-state index contributed by atoms with van der Waals surface area (Å²) in [5.41, 5.74) is 1.18. The number of hydrogen-bond acceptors (Lipinski definition) is 3. The molecule has 1 aromatic carbocycles. The Bertz CT molecular complexity index is 400. The highest BCUT2D eigenvalue weighted by Gasteiger charge is 2.15. The number of nitrogens with one attached hydrogen (secondary N) is 2. The van der Waals surface area contributed by atoms with E-state index in [1.807, 2.05) is 31.2 Å². The Hall–Kier alpha value is -1.75. The van der Waals surface area contributed by atoms with E-state index >= 15 is 0 Å². The summed E-state index contributed by atoms with van der Waals surface area (Å²) in [6.45, 7) is 3.52. The van der Waals surface area contributed by atoms with Crippen molar-refractivity contribution in [2.24, 2.45) is 0 Å². The number of aryl methyl sites for hydroxylation is 1. The minimum Gasteiger partial charge on any atom is -0.473 e. The molecule has 1 aliphatic heterocycles. The summed E-state index contributed by atoms with van der Waals surface area (Å²) in [7, 11) is 0. The second kappa shape index (κ2) is 6.99. The van der Waals surface area contributed by atoms with Gasteiger partial charge in [0.05, 0.1) is 6.10 Å². The van der Waals surface area contributed by atoms with Crippen LogP contribution in [0, 0.1) is 6.92 Å². The van der Waals surface area contributed by atoms with E-state index in [0.29, 0.717) is 6.54 Å². The molecule has 1 fully saturated rings. The molecule has 2 N–H and O–H groups in total. The van der Waals surface area contributed by atoms with Gasteiger partial charge in [-0.05, 0) is 31.9 Å². The molecule has 2 amide bonds. The van der Waals surface area contributed by atoms with E-state index in [4.69, 9.17) is 9.47 Å². The van der Waals surface area contributed by atoms with Crippen molar-refractivity contribution in [3.05, 3.63) is 29.8 Å². The van der Waals surface area contributed by atoms with Crippen LogP contribution in [0.1, 0.15) is 18.4 Å². The molecule has 2 rings (SSSR count). The number of benzene rings is 1. The predicted octanol–water partition coefficient (Wildman–Crippen LogP) is 1.81. The topological polar surface area (TPSA) is 59.6 Å². The lowest BCUT2D eigenvalue weighted by Crippen LogP contribution is -2.41. The van der Waals surface area contributed by atoms with Crippen LogP contribution >= 0.6 is 0 Å². The van der Waals surface area contributed by atoms with Crippen LogP contribution in [0.3, 0.4) is 0 Å². The van der Waals surface area contributed by atoms with Crippen LogP contribution < -0.4 is 15.4 Å². The predicted molar refractivity (Wildman–Crippen MR) is 72.2 cm³/mol. The summed E-state index contributed by atoms with van der Waals surface area (Å²) >= 11 is 0. The van der Waals surface area contributed by atoms with Crippen molar-refractivity contribution >= 4 is 6.03 Å². The Morgan fingerprint density at radius 2 is 2.16 bits per heavy atom. The standard InChI is InChI=1S/C14H20N2O3/c1-11-4-6-12(7-5-11)19-10-16-14(17)15-9-13-3-2-8-18-13/h4-7,13H,2-3,8-10H2,1H3,(H2,15,16,17). The fraction of sp³-hybridized carbons (Fsp3) is 0.500. The maximum atomic E-state index is 11.5. The number of hydrogen-bond donors (Lipinski definition) is 2. The summed E-state index contributed by atoms with van der Waals surface area (Å²) < 4.78 is 10.8. The van der Waals surface area contributed by atoms with E-state index in [1.54, 1.807) is 0 Å². The van der Waals surface area contributed by atoms with Crippen molar-refractivity contribution < 1.29 is 14.3 Å². The quantitative estimate of drug-likeness (QED) is 0.797. The largest absolute Gasteiger partial charge is 0.473 e. The molecular weight excluding hydrogens is 244 g/mol. The minimum atomic E-state index is -0.234. The van der Waals surface area contributed by atoms with Crippen LogP contribution in [-0.2, 0) is 4.74 Å². The van der Waals surface area contributed by atoms with E-state index in [2.05, 4.69) is 10.6 Å². The molecule has 5 heteroatoms. The molecule has 0 spiro atoms. The Morgan fingerprint density at radius 1 is 1.37 bits per heavy atom. The molecule has 0 radical (unpaired) electrons. The van der Waals surface area contributed by atoms with Crippen molar-refractivity contribution in [1.82, 2.24) is 10.6 Å². The molecule has 0 saturated carbocycles. The lowest BCUT2D eigenvalue weighted by atomic mass is 10.2. The van der Waals surface area contributed by atoms with E-state index in [9.17, 15) is 4.79 Å². The summed E-state index contributed by atoms with van der Waals surface area (Å²) in [6.07, 6.45) is 2.24. The Balaban J connectivity index is 1.59. The van der Waals surface area contributed by atoms with E-state index in [1.165, 1.54) is 5.56 Å². The average Bonchev–Trinajstić information content (AvgIpc) is 2.92. The van der Waals surface area contributed by atoms with Crippen molar-refractivity contribution in [1.29, 1.82) is 0 Å². The smallest absolute Gasteiger partial charge is 0.317 e. The van der Waals surface area contributed by atoms with E-state index in [0.717, 1.165) is 25.2 Å². The number of carbonyl (C=O) groups is 1. The van der Waals surface area contributed by atoms with Gasteiger partial charge in [-0.15, -0.1) is 0 Å². The minimum absolute atomic E-state index is 0.153. The molecule has 1 saturated heterocycles. The second-order valence-electron chi connectivity index (χ2n) is 4.62. The fourth-order valence-electron chi connectivity index (χ4n) is 1.89. The van der Waals surface area contributed by atoms with Gasteiger partial charge in [0.1, 0.15) is 5.75 Å². The van der Waals surface area contributed by atoms with Crippen LogP contribution in [0.25, 0.3) is 0 Å². The lowest BCUT2D eigenvalue weighted by molar-refractivity contribution is 0.111. The molecule has 0 bridgehead atoms. The van der Waals surface area contributed by atoms with Crippen LogP contribution in [0.5, 0.6) is 5.75 Å². The normalized spacial score (nSPS) is 18.1. The van der Waals surface area contributed by atoms with Gasteiger partial charge in [0, 0.05) is 13.2 Å². The van der Waals surface area contributed by atoms with Gasteiger partial charge in [0.25, 0.3) is 0 Å². The van der Waals surface area contributed by atoms with Gasteiger partial charge < -0.3 is 20.1 Å². The van der Waals surface area contributed by atoms with Gasteiger partial charge in [-0.2, -0.15) is 0 Å². The molecule has 104 valence electrons. The van der Waals surface area contributed by atoms with Crippen molar-refractivity contribution in [3.8, 4) is 5.75 Å². The first-order valence-corrected chi connectivity index (χ1v) is 6.57. The van der Waals surface area contributed by atoms with Gasteiger partial charge in [0.2, 0.25) is 0 Å². The molecule has 1 atom stereocenters. The Morgan fingerprint density at radius 3 is 2.84 bits per heavy atom. The number of amides is 2. The number of carbonyl (C=O) groups excluding carboxylic acids is 1. The SMILES string of the molecule is Cc1ccc(OCNC(=O)NCC2CCCO2)cc1. The van der Waals surface area contributed by atoms with Crippen molar-refractivity contribution in [3.63, 3.8) is 0 Å². The monoisotopic (exact) mass is 264 g/mol. The highest BCUT2D eigenvalue weighted by Crippen LogP contribution is 2.11. The third-order valence-electron chi connectivity index (χ3n) is 3.01. The third kappa shape index (κ3) is 4.79. The molecule has 0 aromatic heterocycles. The molecular formula is C14H20N2O3. The van der Waals surface area contributed by atoms with E-state index < -0.39 is 0 Å². The Labute approximate surface area is 113 Å². The van der Waals surface area contributed by atoms with Crippen LogP contribution in [0.2, 0.25) is 0 Å². The third-order valence-corrected chi connectivity index (χ3v) is 3.01. The average molecular weight is 264 g/mol. The van der Waals surface area contributed by atoms with E-state index in [-0.39, 0.29) is 18.9 Å². The van der Waals surface area contributed by atoms with Crippen LogP contribution in [0.4, 0.5) is 4.79 Å². The van der Waals surface area contributed by atoms with Crippen molar-refractivity contribution in [2.45, 2.75) is 25.9 Å². The lowest BCUT2D eigenvalue weighted by Gasteiger charge is -2.12. The molecule has 0 aliphatic carbocycles. The number of ether oxygens (including phenoxy) is 2. The maximum Gasteiger partial charge on any atom is 0.317 e. The van der Waals surface area contributed by atoms with Gasteiger partial charge in [0.15, 0.2) is 6.73 Å². The first-order chi connectivity index (χ1) is 9.24. The first-order valence-electron chi connectivity index (χ1n) is 6.57. The summed E-state index contributed by atoms with van der Waals surface area (Å²) in [5, 5.41) is 5.41. The van der Waals surface area contributed by atoms with Crippen molar-refractivity contribution in [2.75, 3.05) is 19.9 Å². The van der Waals surface area contributed by atoms with Crippen LogP contribution in [0.15, 0.2) is 24.3 Å². The summed E-state index contributed by atoms with van der Waals surface area (Å²) in [5.74, 6) is 0.741. The Kier molecular flexibility index (Phi) is 5.03. The zero-order valence-electron chi connectivity index (χ0n) is 11.1. The highest BCUT2D eigenvalue weighted by atomic mass is 16.5. The zero-order valence-corrected chi connectivity index (χ0v) is 11.1. The number of rotatable bonds is 5. The zero-order chi connectivity index (χ0) is 13.5. The second-order valence-corrected chi connectivity index (χ2v) is 4.62. The van der Waals surface area contributed by atoms with Gasteiger partial charge in [-0.25, -0.2) is 4.79 Å².